The summed E-state index contributed by atoms with van der Waals surface area (Å²) in [5.74, 6) is 0.0643. The molecule has 3 aromatic rings. The number of hydrogen-bond donors (Lipinski definition) is 1. The Morgan fingerprint density at radius 3 is 2.10 bits per heavy atom. The summed E-state index contributed by atoms with van der Waals surface area (Å²) in [7, 11) is 0. The fourth-order valence-corrected chi connectivity index (χ4v) is 3.22. The highest BCUT2D eigenvalue weighted by atomic mass is 16.7. The molecule has 6 heteroatoms. The van der Waals surface area contributed by atoms with Gasteiger partial charge in [-0.25, -0.2) is 4.79 Å². The monoisotopic (exact) mass is 403 g/mol. The van der Waals surface area contributed by atoms with Crippen LogP contribution in [-0.2, 0) is 9.53 Å². The molecule has 1 amide bonds. The second kappa shape index (κ2) is 8.69. The second-order valence-corrected chi connectivity index (χ2v) is 6.88. The maximum Gasteiger partial charge on any atom is 0.339 e. The van der Waals surface area contributed by atoms with Crippen LogP contribution in [0.5, 0.6) is 11.5 Å². The number of ether oxygens (including phenoxy) is 3. The van der Waals surface area contributed by atoms with Crippen molar-refractivity contribution in [3.63, 3.8) is 0 Å². The molecule has 0 aliphatic carbocycles. The summed E-state index contributed by atoms with van der Waals surface area (Å²) in [6.07, 6.45) is -0.974. The molecule has 0 saturated carbocycles. The fraction of sp³-hybridized carbons (Fsp3) is 0.167. The topological polar surface area (TPSA) is 73.9 Å². The quantitative estimate of drug-likeness (QED) is 0.633. The molecule has 152 valence electrons. The zero-order valence-electron chi connectivity index (χ0n) is 16.4. The van der Waals surface area contributed by atoms with Gasteiger partial charge in [0.15, 0.2) is 17.6 Å². The summed E-state index contributed by atoms with van der Waals surface area (Å²) in [4.78, 5) is 25.3. The Hall–Kier alpha value is -3.80. The van der Waals surface area contributed by atoms with Crippen LogP contribution in [0.15, 0.2) is 78.9 Å². The molecule has 0 unspecified atom stereocenters. The number of benzene rings is 3. The molecule has 1 N–H and O–H groups in total. The van der Waals surface area contributed by atoms with Crippen LogP contribution in [0.25, 0.3) is 0 Å². The first-order valence-electron chi connectivity index (χ1n) is 9.63. The molecule has 6 nitrogen and oxygen atoms in total. The van der Waals surface area contributed by atoms with Gasteiger partial charge in [0, 0.05) is 0 Å². The third-order valence-electron chi connectivity index (χ3n) is 4.81. The number of esters is 1. The predicted molar refractivity (Wildman–Crippen MR) is 110 cm³/mol. The normalized spacial score (nSPS) is 13.0. The number of rotatable bonds is 6. The summed E-state index contributed by atoms with van der Waals surface area (Å²) in [6, 6.07) is 23.7. The third-order valence-corrected chi connectivity index (χ3v) is 4.81. The summed E-state index contributed by atoms with van der Waals surface area (Å²) in [5, 5.41) is 2.99. The highest BCUT2D eigenvalue weighted by Gasteiger charge is 2.24. The molecule has 30 heavy (non-hydrogen) atoms. The molecule has 1 aliphatic rings. The lowest BCUT2D eigenvalue weighted by molar-refractivity contribution is -0.129. The first kappa shape index (κ1) is 19.5. The maximum absolute atomic E-state index is 12.8. The number of carbonyl (C=O) groups is 2. The summed E-state index contributed by atoms with van der Waals surface area (Å²) < 4.78 is 15.9. The fourth-order valence-electron chi connectivity index (χ4n) is 3.22. The molecule has 0 bridgehead atoms. The molecule has 0 saturated heterocycles. The van der Waals surface area contributed by atoms with Crippen molar-refractivity contribution in [2.45, 2.75) is 19.1 Å². The van der Waals surface area contributed by atoms with E-state index in [1.54, 1.807) is 25.1 Å². The van der Waals surface area contributed by atoms with Gasteiger partial charge in [0.25, 0.3) is 5.91 Å². The molecule has 1 aliphatic heterocycles. The van der Waals surface area contributed by atoms with Crippen LogP contribution >= 0.6 is 0 Å². The van der Waals surface area contributed by atoms with E-state index in [0.717, 1.165) is 11.1 Å². The van der Waals surface area contributed by atoms with Crippen LogP contribution in [0, 0.1) is 0 Å². The second-order valence-electron chi connectivity index (χ2n) is 6.88. The Balaban J connectivity index is 1.46. The molecule has 0 aromatic heterocycles. The highest BCUT2D eigenvalue weighted by Crippen LogP contribution is 2.32. The number of fused-ring (bicyclic) bond motifs is 1. The van der Waals surface area contributed by atoms with Crippen LogP contribution in [0.2, 0.25) is 0 Å². The molecule has 1 atom stereocenters. The van der Waals surface area contributed by atoms with Gasteiger partial charge >= 0.3 is 5.97 Å². The minimum Gasteiger partial charge on any atom is -0.454 e. The Labute approximate surface area is 174 Å². The lowest BCUT2D eigenvalue weighted by Gasteiger charge is -2.22. The lowest BCUT2D eigenvalue weighted by Crippen LogP contribution is -2.38. The molecular weight excluding hydrogens is 382 g/mol. The molecular formula is C24H21NO5. The van der Waals surface area contributed by atoms with Crippen molar-refractivity contribution in [1.82, 2.24) is 5.32 Å². The van der Waals surface area contributed by atoms with Gasteiger partial charge in [-0.05, 0) is 36.2 Å². The Morgan fingerprint density at radius 1 is 0.867 bits per heavy atom. The average molecular weight is 403 g/mol. The predicted octanol–water partition coefficient (Wildman–Crippen LogP) is 3.87. The van der Waals surface area contributed by atoms with Gasteiger partial charge in [-0.3, -0.25) is 4.79 Å². The van der Waals surface area contributed by atoms with Crippen molar-refractivity contribution in [1.29, 1.82) is 0 Å². The van der Waals surface area contributed by atoms with Crippen LogP contribution in [0.4, 0.5) is 0 Å². The van der Waals surface area contributed by atoms with Crippen molar-refractivity contribution in [2.75, 3.05) is 6.79 Å². The van der Waals surface area contributed by atoms with E-state index in [1.807, 2.05) is 60.7 Å². The summed E-state index contributed by atoms with van der Waals surface area (Å²) >= 11 is 0. The van der Waals surface area contributed by atoms with Crippen LogP contribution in [0.3, 0.4) is 0 Å². The van der Waals surface area contributed by atoms with E-state index in [9.17, 15) is 9.59 Å². The number of hydrogen-bond acceptors (Lipinski definition) is 5. The zero-order valence-corrected chi connectivity index (χ0v) is 16.4. The van der Waals surface area contributed by atoms with Crippen molar-refractivity contribution in [2.24, 2.45) is 0 Å². The van der Waals surface area contributed by atoms with E-state index < -0.39 is 12.1 Å². The Kier molecular flexibility index (Phi) is 5.66. The van der Waals surface area contributed by atoms with E-state index in [1.165, 1.54) is 0 Å². The van der Waals surface area contributed by atoms with E-state index in [2.05, 4.69) is 5.32 Å². The standard InChI is InChI=1S/C24H21NO5/c1-16(30-24(27)19-12-13-20-21(14-19)29-15-28-20)23(26)25-22(17-8-4-2-5-9-17)18-10-6-3-7-11-18/h2-14,16,22H,15H2,1H3,(H,25,26)/t16-/m1/s1. The molecule has 0 fully saturated rings. The first-order chi connectivity index (χ1) is 14.6. The van der Waals surface area contributed by atoms with Gasteiger partial charge in [0.2, 0.25) is 6.79 Å². The van der Waals surface area contributed by atoms with Gasteiger partial charge in [0.05, 0.1) is 11.6 Å². The maximum atomic E-state index is 12.8. The van der Waals surface area contributed by atoms with Gasteiger partial charge in [-0.2, -0.15) is 0 Å². The van der Waals surface area contributed by atoms with Gasteiger partial charge in [-0.1, -0.05) is 60.7 Å². The summed E-state index contributed by atoms with van der Waals surface area (Å²) in [5.41, 5.74) is 2.17. The van der Waals surface area contributed by atoms with Crippen LogP contribution in [-0.4, -0.2) is 24.8 Å². The van der Waals surface area contributed by atoms with Gasteiger partial charge in [0.1, 0.15) is 0 Å². The Morgan fingerprint density at radius 2 is 1.47 bits per heavy atom. The molecule has 0 spiro atoms. The first-order valence-corrected chi connectivity index (χ1v) is 9.63. The molecule has 4 rings (SSSR count). The smallest absolute Gasteiger partial charge is 0.339 e. The SMILES string of the molecule is C[C@@H](OC(=O)c1ccc2c(c1)OCO2)C(=O)NC(c1ccccc1)c1ccccc1. The number of carbonyl (C=O) groups excluding carboxylic acids is 2. The van der Waals surface area contributed by atoms with E-state index in [4.69, 9.17) is 14.2 Å². The van der Waals surface area contributed by atoms with Crippen molar-refractivity contribution in [3.8, 4) is 11.5 Å². The van der Waals surface area contributed by atoms with E-state index >= 15 is 0 Å². The Bertz CT molecular complexity index is 996. The summed E-state index contributed by atoms with van der Waals surface area (Å²) in [6.45, 7) is 1.67. The number of nitrogens with one attached hydrogen (secondary N) is 1. The highest BCUT2D eigenvalue weighted by molar-refractivity contribution is 5.93. The molecule has 3 aromatic carbocycles. The largest absolute Gasteiger partial charge is 0.454 e. The zero-order chi connectivity index (χ0) is 20.9. The lowest BCUT2D eigenvalue weighted by atomic mass is 9.98. The van der Waals surface area contributed by atoms with Crippen LogP contribution < -0.4 is 14.8 Å². The molecule has 1 heterocycles. The third kappa shape index (κ3) is 4.27. The van der Waals surface area contributed by atoms with Crippen molar-refractivity contribution in [3.05, 3.63) is 95.6 Å². The van der Waals surface area contributed by atoms with E-state index in [0.29, 0.717) is 17.1 Å². The van der Waals surface area contributed by atoms with Crippen molar-refractivity contribution >= 4 is 11.9 Å². The van der Waals surface area contributed by atoms with Gasteiger partial charge < -0.3 is 19.5 Å². The van der Waals surface area contributed by atoms with Crippen molar-refractivity contribution < 1.29 is 23.8 Å². The molecule has 0 radical (unpaired) electrons. The minimum atomic E-state index is -0.974. The average Bonchev–Trinajstić information content (AvgIpc) is 3.26. The number of amides is 1. The van der Waals surface area contributed by atoms with Crippen LogP contribution in [0.1, 0.15) is 34.5 Å². The van der Waals surface area contributed by atoms with E-state index in [-0.39, 0.29) is 18.7 Å². The minimum absolute atomic E-state index is 0.118. The van der Waals surface area contributed by atoms with Gasteiger partial charge in [-0.15, -0.1) is 0 Å².